The Morgan fingerprint density at radius 3 is 1.15 bits per heavy atom. The molecule has 3 nitrogen and oxygen atoms in total. The van der Waals surface area contributed by atoms with E-state index in [-0.39, 0.29) is 0 Å². The van der Waals surface area contributed by atoms with Crippen LogP contribution in [0.4, 0.5) is 0 Å². The molecule has 2 aliphatic carbocycles. The Kier molecular flexibility index (Phi) is 8.34. The van der Waals surface area contributed by atoms with E-state index in [1.807, 2.05) is 67.3 Å². The summed E-state index contributed by atoms with van der Waals surface area (Å²) in [6.07, 6.45) is 7.48. The average Bonchev–Trinajstić information content (AvgIpc) is 3.74. The number of benzene rings is 7. The molecule has 0 spiro atoms. The van der Waals surface area contributed by atoms with Gasteiger partial charge in [-0.2, -0.15) is 0 Å². The van der Waals surface area contributed by atoms with Crippen molar-refractivity contribution in [2.45, 2.75) is 24.7 Å². The van der Waals surface area contributed by atoms with Crippen molar-refractivity contribution in [3.05, 3.63) is 246 Å². The van der Waals surface area contributed by atoms with Crippen molar-refractivity contribution >= 4 is 23.1 Å². The van der Waals surface area contributed by atoms with Gasteiger partial charge in [-0.3, -0.25) is 9.97 Å². The zero-order chi connectivity index (χ0) is 40.5. The highest BCUT2D eigenvalue weighted by molar-refractivity contribution is 7.85. The van der Waals surface area contributed by atoms with Gasteiger partial charge in [0.05, 0.1) is 0 Å². The monoisotopic (exact) mass is 788 g/mol. The summed E-state index contributed by atoms with van der Waals surface area (Å²) < 4.78 is 16.7. The molecule has 0 radical (unpaired) electrons. The Labute approximate surface area is 351 Å². The van der Waals surface area contributed by atoms with Crippen molar-refractivity contribution in [1.29, 1.82) is 0 Å². The van der Waals surface area contributed by atoms with Crippen LogP contribution in [0.1, 0.15) is 47.2 Å². The molecule has 0 saturated heterocycles. The maximum absolute atomic E-state index is 16.7. The van der Waals surface area contributed by atoms with Crippen LogP contribution in [-0.2, 0) is 15.4 Å². The predicted octanol–water partition coefficient (Wildman–Crippen LogP) is 12.1. The highest BCUT2D eigenvalue weighted by Crippen LogP contribution is 2.57. The van der Waals surface area contributed by atoms with Crippen LogP contribution < -0.4 is 15.9 Å². The van der Waals surface area contributed by atoms with E-state index in [4.69, 9.17) is 0 Å². The minimum atomic E-state index is -3.46. The first-order valence-corrected chi connectivity index (χ1v) is 22.3. The summed E-state index contributed by atoms with van der Waals surface area (Å²) in [5.74, 6) is 0. The molecule has 0 saturated carbocycles. The van der Waals surface area contributed by atoms with E-state index in [1.165, 1.54) is 44.5 Å². The van der Waals surface area contributed by atoms with E-state index in [1.54, 1.807) is 0 Å². The number of fused-ring (bicyclic) bond motifs is 6. The number of pyridine rings is 2. The summed E-state index contributed by atoms with van der Waals surface area (Å²) in [4.78, 5) is 8.85. The van der Waals surface area contributed by atoms with Gasteiger partial charge in [0.25, 0.3) is 0 Å². The topological polar surface area (TPSA) is 42.9 Å². The molecule has 2 heterocycles. The molecule has 11 rings (SSSR count). The van der Waals surface area contributed by atoms with Crippen LogP contribution in [0.3, 0.4) is 0 Å². The first-order valence-electron chi connectivity index (χ1n) is 20.6. The van der Waals surface area contributed by atoms with E-state index in [0.29, 0.717) is 0 Å². The first-order chi connectivity index (χ1) is 29.4. The molecular formula is C56H41N2OP. The van der Waals surface area contributed by atoms with Gasteiger partial charge in [0, 0.05) is 51.5 Å². The third-order valence-electron chi connectivity index (χ3n) is 13.3. The molecular weight excluding hydrogens is 748 g/mol. The Balaban J connectivity index is 1.12. The van der Waals surface area contributed by atoms with Gasteiger partial charge in [-0.05, 0) is 128 Å². The van der Waals surface area contributed by atoms with E-state index in [0.717, 1.165) is 49.3 Å². The second-order valence-electron chi connectivity index (χ2n) is 16.4. The molecule has 2 atom stereocenters. The Hall–Kier alpha value is -6.93. The lowest BCUT2D eigenvalue weighted by atomic mass is 9.74. The SMILES string of the molecule is CC1(c2ccccc2)c2cc(-c3cccnc3)ccc2-c2ccc(P(=O)(c3ccccc3)c3ccc4c(c3)C(C)(c3ccccc3)c3cc(-c5cccnc5)ccc3-4)cc21. The lowest BCUT2D eigenvalue weighted by molar-refractivity contribution is 0.592. The van der Waals surface area contributed by atoms with Crippen molar-refractivity contribution in [2.75, 3.05) is 0 Å². The molecule has 2 unspecified atom stereocenters. The molecule has 0 aliphatic heterocycles. The number of nitrogens with zero attached hydrogens (tertiary/aromatic N) is 2. The molecule has 9 aromatic rings. The zero-order valence-corrected chi connectivity index (χ0v) is 34.4. The van der Waals surface area contributed by atoms with Gasteiger partial charge in [-0.25, -0.2) is 0 Å². The molecule has 60 heavy (non-hydrogen) atoms. The van der Waals surface area contributed by atoms with E-state index < -0.39 is 18.0 Å². The summed E-state index contributed by atoms with van der Waals surface area (Å²) in [6, 6.07) is 66.6. The second-order valence-corrected chi connectivity index (χ2v) is 19.2. The smallest absolute Gasteiger partial charge is 0.171 e. The molecule has 2 aromatic heterocycles. The van der Waals surface area contributed by atoms with Crippen LogP contribution in [0, 0.1) is 0 Å². The van der Waals surface area contributed by atoms with Crippen molar-refractivity contribution < 1.29 is 4.57 Å². The molecule has 286 valence electrons. The summed E-state index contributed by atoms with van der Waals surface area (Å²) in [5.41, 5.74) is 15.3. The van der Waals surface area contributed by atoms with Crippen molar-refractivity contribution in [3.8, 4) is 44.5 Å². The van der Waals surface area contributed by atoms with Gasteiger partial charge in [0.2, 0.25) is 0 Å². The number of aromatic nitrogens is 2. The summed E-state index contributed by atoms with van der Waals surface area (Å²) >= 11 is 0. The van der Waals surface area contributed by atoms with Gasteiger partial charge in [-0.15, -0.1) is 0 Å². The molecule has 0 N–H and O–H groups in total. The molecule has 0 fully saturated rings. The standard InChI is InChI=1S/C56H41N2OP/c1-55(42-16-6-3-7-17-42)51-32-38(40-14-12-30-57-36-40)22-26-47(51)49-28-24-45(34-53(49)55)60(59,44-20-10-5-11-21-44)46-25-29-50-48-27-23-39(41-15-13-31-58-37-41)33-52(48)56(2,54(50)35-46)43-18-8-4-9-19-43/h3-37H,1-2H3. The lowest BCUT2D eigenvalue weighted by Crippen LogP contribution is -2.29. The molecule has 0 bridgehead atoms. The first kappa shape index (κ1) is 36.2. The highest BCUT2D eigenvalue weighted by Gasteiger charge is 2.45. The normalized spacial score (nSPS) is 18.2. The van der Waals surface area contributed by atoms with E-state index in [9.17, 15) is 0 Å². The predicted molar refractivity (Wildman–Crippen MR) is 247 cm³/mol. The van der Waals surface area contributed by atoms with Crippen LogP contribution >= 0.6 is 7.14 Å². The maximum atomic E-state index is 16.7. The quantitative estimate of drug-likeness (QED) is 0.151. The van der Waals surface area contributed by atoms with E-state index in [2.05, 4.69) is 169 Å². The third kappa shape index (κ3) is 5.32. The van der Waals surface area contributed by atoms with Crippen LogP contribution in [-0.4, -0.2) is 9.97 Å². The number of hydrogen-bond acceptors (Lipinski definition) is 3. The lowest BCUT2D eigenvalue weighted by Gasteiger charge is -2.31. The van der Waals surface area contributed by atoms with Gasteiger partial charge in [0.15, 0.2) is 7.14 Å². The van der Waals surface area contributed by atoms with Crippen molar-refractivity contribution in [2.24, 2.45) is 0 Å². The zero-order valence-electron chi connectivity index (χ0n) is 33.5. The Morgan fingerprint density at radius 1 is 0.367 bits per heavy atom. The maximum Gasteiger partial charge on any atom is 0.171 e. The van der Waals surface area contributed by atoms with Gasteiger partial charge in [-0.1, -0.05) is 152 Å². The number of rotatable bonds is 7. The molecule has 7 aromatic carbocycles. The average molecular weight is 789 g/mol. The highest BCUT2D eigenvalue weighted by atomic mass is 31.2. The largest absolute Gasteiger partial charge is 0.309 e. The van der Waals surface area contributed by atoms with E-state index >= 15 is 4.57 Å². The fraction of sp³-hybridized carbons (Fsp3) is 0.0714. The fourth-order valence-electron chi connectivity index (χ4n) is 10.1. The van der Waals surface area contributed by atoms with Crippen molar-refractivity contribution in [3.63, 3.8) is 0 Å². The van der Waals surface area contributed by atoms with Crippen LogP contribution in [0.15, 0.2) is 213 Å². The summed E-state index contributed by atoms with van der Waals surface area (Å²) in [7, 11) is -3.46. The third-order valence-corrected chi connectivity index (χ3v) is 16.4. The van der Waals surface area contributed by atoms with Gasteiger partial charge >= 0.3 is 0 Å². The van der Waals surface area contributed by atoms with Gasteiger partial charge in [0.1, 0.15) is 0 Å². The summed E-state index contributed by atoms with van der Waals surface area (Å²) in [6.45, 7) is 4.66. The Bertz CT molecular complexity index is 2940. The fourth-order valence-corrected chi connectivity index (χ4v) is 12.8. The van der Waals surface area contributed by atoms with Crippen LogP contribution in [0.5, 0.6) is 0 Å². The molecule has 0 amide bonds. The second kappa shape index (κ2) is 13.8. The van der Waals surface area contributed by atoms with Crippen LogP contribution in [0.25, 0.3) is 44.5 Å². The van der Waals surface area contributed by atoms with Gasteiger partial charge < -0.3 is 4.57 Å². The summed E-state index contributed by atoms with van der Waals surface area (Å²) in [5, 5.41) is 2.47. The molecule has 2 aliphatic rings. The van der Waals surface area contributed by atoms with Crippen LogP contribution in [0.2, 0.25) is 0 Å². The minimum absolute atomic E-state index is 0.501. The number of hydrogen-bond donors (Lipinski definition) is 0. The van der Waals surface area contributed by atoms with Crippen molar-refractivity contribution in [1.82, 2.24) is 9.97 Å². The minimum Gasteiger partial charge on any atom is -0.309 e. The molecule has 4 heteroatoms. The Morgan fingerprint density at radius 2 is 0.750 bits per heavy atom.